The van der Waals surface area contributed by atoms with Crippen molar-refractivity contribution in [1.29, 1.82) is 0 Å². The first-order valence-corrected chi connectivity index (χ1v) is 6.06. The molecular weight excluding hydrogens is 299 g/mol. The maximum absolute atomic E-state index is 12.8. The molecule has 0 saturated heterocycles. The topological polar surface area (TPSA) is 71.1 Å². The lowest BCUT2D eigenvalue weighted by atomic mass is 10.1. The molecule has 1 aromatic carbocycles. The maximum atomic E-state index is 12.8. The quantitative estimate of drug-likeness (QED) is 0.835. The Hall–Kier alpha value is -2.90. The predicted octanol–water partition coefficient (Wildman–Crippen LogP) is 2.18. The highest BCUT2D eigenvalue weighted by Gasteiger charge is 2.35. The van der Waals surface area contributed by atoms with Crippen molar-refractivity contribution in [3.8, 4) is 0 Å². The Morgan fingerprint density at radius 3 is 2.23 bits per heavy atom. The second-order valence-electron chi connectivity index (χ2n) is 4.19. The Bertz CT molecular complexity index is 687. The summed E-state index contributed by atoms with van der Waals surface area (Å²) < 4.78 is 38.3. The molecule has 0 aliphatic rings. The van der Waals surface area contributed by atoms with E-state index in [9.17, 15) is 22.8 Å². The molecule has 2 aromatic rings. The molecule has 2 N–H and O–H groups in total. The Labute approximate surface area is 123 Å². The molecule has 114 valence electrons. The SMILES string of the molecule is O=C(NNC(=O)c1cnccc1C(F)(F)F)c1ccccc1. The standard InChI is InChI=1S/C14H10F3N3O2/c15-14(16,17)11-6-7-18-8-10(11)13(22)20-19-12(21)9-4-2-1-3-5-9/h1-8H,(H,19,21)(H,20,22). The number of aromatic nitrogens is 1. The van der Waals surface area contributed by atoms with Crippen LogP contribution >= 0.6 is 0 Å². The zero-order valence-corrected chi connectivity index (χ0v) is 11.0. The minimum Gasteiger partial charge on any atom is -0.267 e. The third-order valence-electron chi connectivity index (χ3n) is 2.70. The number of nitrogens with one attached hydrogen (secondary N) is 2. The number of rotatable bonds is 2. The summed E-state index contributed by atoms with van der Waals surface area (Å²) in [6, 6.07) is 8.59. The number of halogens is 3. The summed E-state index contributed by atoms with van der Waals surface area (Å²) in [7, 11) is 0. The normalized spacial score (nSPS) is 10.9. The summed E-state index contributed by atoms with van der Waals surface area (Å²) in [6.07, 6.45) is -2.98. The van der Waals surface area contributed by atoms with Gasteiger partial charge in [0.25, 0.3) is 11.8 Å². The van der Waals surface area contributed by atoms with E-state index in [4.69, 9.17) is 0 Å². The van der Waals surface area contributed by atoms with Gasteiger partial charge in [-0.05, 0) is 18.2 Å². The molecule has 2 rings (SSSR count). The Kier molecular flexibility index (Phi) is 4.40. The molecule has 0 aliphatic heterocycles. The fourth-order valence-corrected chi connectivity index (χ4v) is 1.67. The molecule has 8 heteroatoms. The molecule has 1 aromatic heterocycles. The highest BCUT2D eigenvalue weighted by Crippen LogP contribution is 2.31. The third-order valence-corrected chi connectivity index (χ3v) is 2.70. The van der Waals surface area contributed by atoms with Crippen molar-refractivity contribution in [2.24, 2.45) is 0 Å². The van der Waals surface area contributed by atoms with Gasteiger partial charge in [0.05, 0.1) is 11.1 Å². The van der Waals surface area contributed by atoms with Crippen molar-refractivity contribution in [2.75, 3.05) is 0 Å². The van der Waals surface area contributed by atoms with Gasteiger partial charge < -0.3 is 0 Å². The number of hydrazine groups is 1. The van der Waals surface area contributed by atoms with Gasteiger partial charge in [-0.1, -0.05) is 18.2 Å². The van der Waals surface area contributed by atoms with Crippen LogP contribution in [0, 0.1) is 0 Å². The molecule has 0 spiro atoms. The van der Waals surface area contributed by atoms with E-state index in [2.05, 4.69) is 4.98 Å². The number of carbonyl (C=O) groups excluding carboxylic acids is 2. The number of nitrogens with zero attached hydrogens (tertiary/aromatic N) is 1. The van der Waals surface area contributed by atoms with Gasteiger partial charge in [0.2, 0.25) is 0 Å². The molecule has 1 heterocycles. The zero-order valence-electron chi connectivity index (χ0n) is 11.0. The summed E-state index contributed by atoms with van der Waals surface area (Å²) >= 11 is 0. The number of pyridine rings is 1. The lowest BCUT2D eigenvalue weighted by Crippen LogP contribution is -2.42. The Morgan fingerprint density at radius 1 is 0.955 bits per heavy atom. The van der Waals surface area contributed by atoms with E-state index in [1.807, 2.05) is 10.9 Å². The van der Waals surface area contributed by atoms with E-state index < -0.39 is 29.1 Å². The van der Waals surface area contributed by atoms with Crippen LogP contribution in [0.5, 0.6) is 0 Å². The number of hydrogen-bond donors (Lipinski definition) is 2. The molecule has 5 nitrogen and oxygen atoms in total. The summed E-state index contributed by atoms with van der Waals surface area (Å²) in [4.78, 5) is 27.0. The van der Waals surface area contributed by atoms with Gasteiger partial charge in [0.1, 0.15) is 0 Å². The average molecular weight is 309 g/mol. The molecule has 0 fully saturated rings. The van der Waals surface area contributed by atoms with E-state index in [0.29, 0.717) is 6.07 Å². The van der Waals surface area contributed by atoms with Crippen molar-refractivity contribution in [3.63, 3.8) is 0 Å². The summed E-state index contributed by atoms with van der Waals surface area (Å²) in [5.41, 5.74) is 2.42. The maximum Gasteiger partial charge on any atom is 0.417 e. The number of alkyl halides is 3. The van der Waals surface area contributed by atoms with E-state index in [1.54, 1.807) is 18.2 Å². The first-order valence-electron chi connectivity index (χ1n) is 6.06. The van der Waals surface area contributed by atoms with Crippen molar-refractivity contribution in [2.45, 2.75) is 6.18 Å². The van der Waals surface area contributed by atoms with Crippen LogP contribution in [-0.2, 0) is 6.18 Å². The van der Waals surface area contributed by atoms with Gasteiger partial charge in [-0.15, -0.1) is 0 Å². The second-order valence-corrected chi connectivity index (χ2v) is 4.19. The van der Waals surface area contributed by atoms with E-state index >= 15 is 0 Å². The van der Waals surface area contributed by atoms with Gasteiger partial charge in [-0.2, -0.15) is 13.2 Å². The van der Waals surface area contributed by atoms with Crippen molar-refractivity contribution in [3.05, 3.63) is 65.5 Å². The summed E-state index contributed by atoms with van der Waals surface area (Å²) in [6.45, 7) is 0. The van der Waals surface area contributed by atoms with Crippen molar-refractivity contribution in [1.82, 2.24) is 15.8 Å². The molecule has 0 unspecified atom stereocenters. The first-order chi connectivity index (χ1) is 10.4. The monoisotopic (exact) mass is 309 g/mol. The fraction of sp³-hybridized carbons (Fsp3) is 0.0714. The largest absolute Gasteiger partial charge is 0.417 e. The van der Waals surface area contributed by atoms with E-state index in [1.165, 1.54) is 12.1 Å². The Balaban J connectivity index is 2.09. The molecule has 2 amide bonds. The highest BCUT2D eigenvalue weighted by atomic mass is 19.4. The molecule has 0 radical (unpaired) electrons. The van der Waals surface area contributed by atoms with Crippen LogP contribution in [0.4, 0.5) is 13.2 Å². The van der Waals surface area contributed by atoms with Crippen LogP contribution in [0.1, 0.15) is 26.3 Å². The minimum absolute atomic E-state index is 0.255. The Morgan fingerprint density at radius 2 is 1.59 bits per heavy atom. The first kappa shape index (κ1) is 15.5. The van der Waals surface area contributed by atoms with Crippen molar-refractivity contribution >= 4 is 11.8 Å². The molecule has 0 atom stereocenters. The van der Waals surface area contributed by atoms with Crippen LogP contribution in [0.25, 0.3) is 0 Å². The number of benzene rings is 1. The number of carbonyl (C=O) groups is 2. The molecule has 0 bridgehead atoms. The molecule has 0 aliphatic carbocycles. The van der Waals surface area contributed by atoms with Crippen LogP contribution in [0.15, 0.2) is 48.8 Å². The smallest absolute Gasteiger partial charge is 0.267 e. The van der Waals surface area contributed by atoms with E-state index in [0.717, 1.165) is 12.4 Å². The van der Waals surface area contributed by atoms with Crippen molar-refractivity contribution < 1.29 is 22.8 Å². The van der Waals surface area contributed by atoms with Crippen LogP contribution < -0.4 is 10.9 Å². The molecular formula is C14H10F3N3O2. The molecule has 0 saturated carbocycles. The fourth-order valence-electron chi connectivity index (χ4n) is 1.67. The van der Waals surface area contributed by atoms with Gasteiger partial charge in [-0.3, -0.25) is 25.4 Å². The van der Waals surface area contributed by atoms with Crippen LogP contribution in [0.2, 0.25) is 0 Å². The summed E-state index contributed by atoms with van der Waals surface area (Å²) in [5, 5.41) is 0. The van der Waals surface area contributed by atoms with Gasteiger partial charge >= 0.3 is 6.18 Å². The number of amides is 2. The predicted molar refractivity (Wildman–Crippen MR) is 70.6 cm³/mol. The van der Waals surface area contributed by atoms with Gasteiger partial charge in [-0.25, -0.2) is 0 Å². The minimum atomic E-state index is -4.70. The highest BCUT2D eigenvalue weighted by molar-refractivity contribution is 5.99. The second kappa shape index (κ2) is 6.25. The van der Waals surface area contributed by atoms with Gasteiger partial charge in [0.15, 0.2) is 0 Å². The third kappa shape index (κ3) is 3.60. The number of hydrogen-bond acceptors (Lipinski definition) is 3. The van der Waals surface area contributed by atoms with Gasteiger partial charge in [0, 0.05) is 18.0 Å². The van der Waals surface area contributed by atoms with Crippen LogP contribution in [-0.4, -0.2) is 16.8 Å². The summed E-state index contributed by atoms with van der Waals surface area (Å²) in [5.74, 6) is -1.75. The zero-order chi connectivity index (χ0) is 16.2. The van der Waals surface area contributed by atoms with Crippen LogP contribution in [0.3, 0.4) is 0 Å². The average Bonchev–Trinajstić information content (AvgIpc) is 2.52. The van der Waals surface area contributed by atoms with E-state index in [-0.39, 0.29) is 5.56 Å². The lowest BCUT2D eigenvalue weighted by molar-refractivity contribution is -0.138. The molecule has 22 heavy (non-hydrogen) atoms. The lowest BCUT2D eigenvalue weighted by Gasteiger charge is -2.12.